The van der Waals surface area contributed by atoms with Gasteiger partial charge in [-0.3, -0.25) is 14.7 Å². The lowest BCUT2D eigenvalue weighted by atomic mass is 9.94. The number of aromatic nitrogens is 2. The van der Waals surface area contributed by atoms with Gasteiger partial charge in [0.2, 0.25) is 5.95 Å². The van der Waals surface area contributed by atoms with Gasteiger partial charge < -0.3 is 9.64 Å². The van der Waals surface area contributed by atoms with Gasteiger partial charge in [-0.2, -0.15) is 0 Å². The highest BCUT2D eigenvalue weighted by molar-refractivity contribution is 9.11. The molecule has 4 rings (SSSR count). The van der Waals surface area contributed by atoms with E-state index in [-0.39, 0.29) is 5.56 Å². The molecule has 6 nitrogen and oxygen atoms in total. The Morgan fingerprint density at radius 2 is 2.15 bits per heavy atom. The Bertz CT molecular complexity index is 802. The number of piperidine rings is 1. The van der Waals surface area contributed by atoms with Crippen LogP contribution < -0.4 is 10.5 Å². The molecule has 8 heteroatoms. The highest BCUT2D eigenvalue weighted by Gasteiger charge is 2.24. The van der Waals surface area contributed by atoms with Crippen molar-refractivity contribution in [3.63, 3.8) is 0 Å². The summed E-state index contributed by atoms with van der Waals surface area (Å²) in [6.07, 6.45) is 2.22. The maximum absolute atomic E-state index is 12.2. The molecule has 0 amide bonds. The molecule has 2 aliphatic rings. The normalized spacial score (nSPS) is 21.9. The third-order valence-electron chi connectivity index (χ3n) is 4.99. The van der Waals surface area contributed by atoms with E-state index in [1.807, 2.05) is 0 Å². The summed E-state index contributed by atoms with van der Waals surface area (Å²) in [4.78, 5) is 25.9. The number of likely N-dealkylation sites (tertiary alicyclic amines) is 1. The predicted octanol–water partition coefficient (Wildman–Crippen LogP) is 2.81. The van der Waals surface area contributed by atoms with Crippen LogP contribution in [0.2, 0.25) is 0 Å². The molecule has 2 aromatic heterocycles. The van der Waals surface area contributed by atoms with Crippen LogP contribution in [0.1, 0.15) is 29.3 Å². The van der Waals surface area contributed by atoms with Crippen molar-refractivity contribution < 1.29 is 4.74 Å². The summed E-state index contributed by atoms with van der Waals surface area (Å²) in [5.41, 5.74) is 0.864. The second kappa shape index (κ2) is 8.21. The summed E-state index contributed by atoms with van der Waals surface area (Å²) >= 11 is 5.33. The van der Waals surface area contributed by atoms with Gasteiger partial charge in [-0.1, -0.05) is 0 Å². The van der Waals surface area contributed by atoms with E-state index in [2.05, 4.69) is 42.8 Å². The maximum atomic E-state index is 12.2. The third-order valence-corrected chi connectivity index (χ3v) is 6.60. The lowest BCUT2D eigenvalue weighted by Crippen LogP contribution is -2.39. The maximum Gasteiger partial charge on any atom is 0.252 e. The molecule has 2 aromatic rings. The SMILES string of the molecule is O=c1cc(C2CCCN(Cc3ccc(Br)s3)C2)nc(N2CCOCC2)[nH]1. The van der Waals surface area contributed by atoms with E-state index in [1.54, 1.807) is 17.4 Å². The minimum atomic E-state index is -0.0594. The Balaban J connectivity index is 1.49. The number of nitrogens with one attached hydrogen (secondary N) is 1. The molecule has 0 aromatic carbocycles. The van der Waals surface area contributed by atoms with Crippen LogP contribution in [0.3, 0.4) is 0 Å². The second-order valence-electron chi connectivity index (χ2n) is 6.87. The van der Waals surface area contributed by atoms with Crippen molar-refractivity contribution >= 4 is 33.2 Å². The van der Waals surface area contributed by atoms with Crippen molar-refractivity contribution in [2.45, 2.75) is 25.3 Å². The first-order valence-corrected chi connectivity index (χ1v) is 10.7. The quantitative estimate of drug-likeness (QED) is 0.794. The molecule has 1 atom stereocenters. The number of hydrogen-bond acceptors (Lipinski definition) is 6. The van der Waals surface area contributed by atoms with E-state index < -0.39 is 0 Å². The number of thiophene rings is 1. The van der Waals surface area contributed by atoms with Crippen molar-refractivity contribution in [1.29, 1.82) is 0 Å². The van der Waals surface area contributed by atoms with Crippen LogP contribution in [0, 0.1) is 0 Å². The van der Waals surface area contributed by atoms with E-state index in [0.29, 0.717) is 25.1 Å². The molecule has 2 saturated heterocycles. The lowest BCUT2D eigenvalue weighted by molar-refractivity contribution is 0.122. The molecule has 140 valence electrons. The molecular weight excluding hydrogens is 416 g/mol. The Morgan fingerprint density at radius 1 is 1.31 bits per heavy atom. The van der Waals surface area contributed by atoms with Crippen molar-refractivity contribution in [3.8, 4) is 0 Å². The van der Waals surface area contributed by atoms with Gasteiger partial charge in [0.15, 0.2) is 0 Å². The summed E-state index contributed by atoms with van der Waals surface area (Å²) < 4.78 is 6.57. The molecule has 4 heterocycles. The molecule has 0 bridgehead atoms. The largest absolute Gasteiger partial charge is 0.378 e. The molecule has 1 unspecified atom stereocenters. The predicted molar refractivity (Wildman–Crippen MR) is 107 cm³/mol. The highest BCUT2D eigenvalue weighted by atomic mass is 79.9. The fourth-order valence-electron chi connectivity index (χ4n) is 3.69. The molecule has 0 saturated carbocycles. The van der Waals surface area contributed by atoms with Gasteiger partial charge >= 0.3 is 0 Å². The highest BCUT2D eigenvalue weighted by Crippen LogP contribution is 2.29. The number of morpholine rings is 1. The Hall–Kier alpha value is -1.22. The molecule has 26 heavy (non-hydrogen) atoms. The number of H-pyrrole nitrogens is 1. The second-order valence-corrected chi connectivity index (χ2v) is 9.42. The number of nitrogens with zero attached hydrogens (tertiary/aromatic N) is 3. The molecule has 0 radical (unpaired) electrons. The Morgan fingerprint density at radius 3 is 2.92 bits per heavy atom. The zero-order valence-electron chi connectivity index (χ0n) is 14.6. The van der Waals surface area contributed by atoms with Crippen LogP contribution in [-0.2, 0) is 11.3 Å². The van der Waals surface area contributed by atoms with Crippen LogP contribution in [0.5, 0.6) is 0 Å². The van der Waals surface area contributed by atoms with Gasteiger partial charge in [-0.15, -0.1) is 11.3 Å². The summed E-state index contributed by atoms with van der Waals surface area (Å²) in [6.45, 7) is 5.93. The third kappa shape index (κ3) is 4.36. The molecule has 2 aliphatic heterocycles. The summed E-state index contributed by atoms with van der Waals surface area (Å²) in [5, 5.41) is 0. The van der Waals surface area contributed by atoms with Gasteiger partial charge in [0.05, 0.1) is 22.7 Å². The van der Waals surface area contributed by atoms with E-state index in [9.17, 15) is 4.79 Å². The number of ether oxygens (including phenoxy) is 1. The monoisotopic (exact) mass is 438 g/mol. The first-order valence-electron chi connectivity index (χ1n) is 9.08. The fourth-order valence-corrected chi connectivity index (χ4v) is 5.22. The van der Waals surface area contributed by atoms with Gasteiger partial charge in [-0.05, 0) is 47.4 Å². The average Bonchev–Trinajstić information content (AvgIpc) is 3.07. The van der Waals surface area contributed by atoms with E-state index in [4.69, 9.17) is 9.72 Å². The smallest absolute Gasteiger partial charge is 0.252 e. The summed E-state index contributed by atoms with van der Waals surface area (Å²) in [6, 6.07) is 5.97. The van der Waals surface area contributed by atoms with Crippen LogP contribution in [-0.4, -0.2) is 54.3 Å². The van der Waals surface area contributed by atoms with Crippen molar-refractivity contribution in [1.82, 2.24) is 14.9 Å². The van der Waals surface area contributed by atoms with Gasteiger partial charge in [0.1, 0.15) is 0 Å². The number of hydrogen-bond donors (Lipinski definition) is 1. The van der Waals surface area contributed by atoms with Gasteiger partial charge in [-0.25, -0.2) is 4.98 Å². The number of halogens is 1. The minimum Gasteiger partial charge on any atom is -0.378 e. The zero-order chi connectivity index (χ0) is 17.9. The van der Waals surface area contributed by atoms with E-state index >= 15 is 0 Å². The standard InChI is InChI=1S/C18H23BrN4O2S/c19-16-4-3-14(26-16)12-22-5-1-2-13(11-22)15-10-17(24)21-18(20-15)23-6-8-25-9-7-23/h3-4,10,13H,1-2,5-9,11-12H2,(H,20,21,24). The number of rotatable bonds is 4. The molecule has 0 aliphatic carbocycles. The Labute approximate surface area is 165 Å². The number of anilines is 1. The number of aromatic amines is 1. The minimum absolute atomic E-state index is 0.0594. The van der Waals surface area contributed by atoms with E-state index in [0.717, 1.165) is 51.3 Å². The molecule has 2 fully saturated rings. The first-order chi connectivity index (χ1) is 12.7. The lowest BCUT2D eigenvalue weighted by Gasteiger charge is -2.33. The van der Waals surface area contributed by atoms with Gasteiger partial charge in [0, 0.05) is 43.0 Å². The van der Waals surface area contributed by atoms with Crippen LogP contribution in [0.25, 0.3) is 0 Å². The van der Waals surface area contributed by atoms with Crippen molar-refractivity contribution in [2.75, 3.05) is 44.3 Å². The Kier molecular flexibility index (Phi) is 5.73. The molecular formula is C18H23BrN4O2S. The van der Waals surface area contributed by atoms with Crippen LogP contribution in [0.4, 0.5) is 5.95 Å². The molecule has 1 N–H and O–H groups in total. The van der Waals surface area contributed by atoms with Crippen molar-refractivity contribution in [2.24, 2.45) is 0 Å². The zero-order valence-corrected chi connectivity index (χ0v) is 17.0. The van der Waals surface area contributed by atoms with Crippen molar-refractivity contribution in [3.05, 3.63) is 42.9 Å². The fraction of sp³-hybridized carbons (Fsp3) is 0.556. The molecule has 0 spiro atoms. The topological polar surface area (TPSA) is 61.5 Å². The summed E-state index contributed by atoms with van der Waals surface area (Å²) in [7, 11) is 0. The van der Waals surface area contributed by atoms with Crippen LogP contribution >= 0.6 is 27.3 Å². The van der Waals surface area contributed by atoms with E-state index in [1.165, 1.54) is 8.66 Å². The first kappa shape index (κ1) is 18.2. The van der Waals surface area contributed by atoms with Crippen LogP contribution in [0.15, 0.2) is 26.8 Å². The van der Waals surface area contributed by atoms with Gasteiger partial charge in [0.25, 0.3) is 5.56 Å². The average molecular weight is 439 g/mol. The summed E-state index contributed by atoms with van der Waals surface area (Å²) in [5.74, 6) is 1.00.